The first-order valence-corrected chi connectivity index (χ1v) is 5.54. The second-order valence-electron chi connectivity index (χ2n) is 4.22. The van der Waals surface area contributed by atoms with Crippen LogP contribution in [0.4, 0.5) is 5.69 Å². The molecular weight excluding hydrogens is 186 g/mol. The maximum absolute atomic E-state index is 4.43. The number of benzene rings is 1. The van der Waals surface area contributed by atoms with E-state index in [9.17, 15) is 0 Å². The molecule has 1 N–H and O–H groups in total. The largest absolute Gasteiger partial charge is 0.370 e. The normalized spacial score (nSPS) is 16.5. The highest BCUT2D eigenvalue weighted by molar-refractivity contribution is 5.90. The molecule has 3 rings (SSSR count). The lowest BCUT2D eigenvalue weighted by atomic mass is 10.1. The van der Waals surface area contributed by atoms with E-state index >= 15 is 0 Å². The van der Waals surface area contributed by atoms with Crippen molar-refractivity contribution in [1.82, 2.24) is 9.97 Å². The van der Waals surface area contributed by atoms with Gasteiger partial charge >= 0.3 is 0 Å². The number of aromatic amines is 1. The molecule has 1 fully saturated rings. The van der Waals surface area contributed by atoms with Crippen LogP contribution in [0.5, 0.6) is 0 Å². The van der Waals surface area contributed by atoms with Gasteiger partial charge in [0.2, 0.25) is 0 Å². The zero-order valence-electron chi connectivity index (χ0n) is 8.95. The van der Waals surface area contributed by atoms with Crippen LogP contribution < -0.4 is 4.90 Å². The van der Waals surface area contributed by atoms with Crippen LogP contribution in [-0.4, -0.2) is 23.1 Å². The van der Waals surface area contributed by atoms with Gasteiger partial charge in [-0.2, -0.15) is 0 Å². The van der Waals surface area contributed by atoms with Crippen LogP contribution in [-0.2, 0) is 0 Å². The van der Waals surface area contributed by atoms with E-state index < -0.39 is 0 Å². The molecule has 1 aliphatic rings. The molecule has 0 atom stereocenters. The number of rotatable bonds is 1. The second-order valence-corrected chi connectivity index (χ2v) is 4.22. The number of anilines is 1. The number of aryl methyl sites for hydroxylation is 1. The van der Waals surface area contributed by atoms with Gasteiger partial charge in [0.15, 0.2) is 0 Å². The van der Waals surface area contributed by atoms with E-state index in [1.54, 1.807) is 6.33 Å². The summed E-state index contributed by atoms with van der Waals surface area (Å²) in [6.07, 6.45) is 4.39. The number of hydrogen-bond donors (Lipinski definition) is 1. The third kappa shape index (κ3) is 1.30. The number of nitrogens with zero attached hydrogens (tertiary/aromatic N) is 2. The zero-order chi connectivity index (χ0) is 10.3. The summed E-state index contributed by atoms with van der Waals surface area (Å²) in [4.78, 5) is 10.1. The van der Waals surface area contributed by atoms with Crippen LogP contribution in [0.3, 0.4) is 0 Å². The molecule has 1 aromatic heterocycles. The first-order valence-electron chi connectivity index (χ1n) is 5.54. The zero-order valence-corrected chi connectivity index (χ0v) is 8.95. The lowest BCUT2D eigenvalue weighted by Crippen LogP contribution is -2.19. The fourth-order valence-electron chi connectivity index (χ4n) is 2.43. The monoisotopic (exact) mass is 201 g/mol. The molecule has 0 unspecified atom stereocenters. The molecule has 3 heteroatoms. The van der Waals surface area contributed by atoms with E-state index in [0.717, 1.165) is 11.0 Å². The Morgan fingerprint density at radius 3 is 2.87 bits per heavy atom. The summed E-state index contributed by atoms with van der Waals surface area (Å²) in [5.74, 6) is 0. The maximum Gasteiger partial charge on any atom is 0.112 e. The lowest BCUT2D eigenvalue weighted by molar-refractivity contribution is 0.949. The van der Waals surface area contributed by atoms with Crippen LogP contribution in [0.2, 0.25) is 0 Å². The van der Waals surface area contributed by atoms with Crippen molar-refractivity contribution < 1.29 is 0 Å². The summed E-state index contributed by atoms with van der Waals surface area (Å²) in [7, 11) is 0. The molecule has 0 saturated carbocycles. The lowest BCUT2D eigenvalue weighted by Gasteiger charge is -2.20. The highest BCUT2D eigenvalue weighted by Gasteiger charge is 2.17. The van der Waals surface area contributed by atoms with Crippen molar-refractivity contribution in [3.8, 4) is 0 Å². The van der Waals surface area contributed by atoms with Gasteiger partial charge in [-0.25, -0.2) is 4.98 Å². The van der Waals surface area contributed by atoms with Crippen LogP contribution in [0.15, 0.2) is 18.5 Å². The third-order valence-corrected chi connectivity index (χ3v) is 3.19. The van der Waals surface area contributed by atoms with E-state index in [-0.39, 0.29) is 0 Å². The molecule has 2 heterocycles. The minimum Gasteiger partial charge on any atom is -0.370 e. The Kier molecular flexibility index (Phi) is 1.91. The first-order chi connectivity index (χ1) is 7.36. The average molecular weight is 201 g/mol. The van der Waals surface area contributed by atoms with Gasteiger partial charge in [-0.3, -0.25) is 0 Å². The van der Waals surface area contributed by atoms with Gasteiger partial charge in [-0.1, -0.05) is 6.07 Å². The van der Waals surface area contributed by atoms with Crippen molar-refractivity contribution in [3.05, 3.63) is 24.0 Å². The van der Waals surface area contributed by atoms with Gasteiger partial charge in [0, 0.05) is 13.1 Å². The molecule has 1 aliphatic heterocycles. The first kappa shape index (κ1) is 8.77. The average Bonchev–Trinajstić information content (AvgIpc) is 2.85. The van der Waals surface area contributed by atoms with Gasteiger partial charge in [-0.05, 0) is 31.4 Å². The van der Waals surface area contributed by atoms with Gasteiger partial charge in [0.05, 0.1) is 17.5 Å². The summed E-state index contributed by atoms with van der Waals surface area (Å²) in [6, 6.07) is 4.28. The maximum atomic E-state index is 4.43. The number of H-pyrrole nitrogens is 1. The number of fused-ring (bicyclic) bond motifs is 1. The molecule has 0 radical (unpaired) electrons. The predicted molar refractivity (Wildman–Crippen MR) is 62.3 cm³/mol. The van der Waals surface area contributed by atoms with Gasteiger partial charge in [-0.15, -0.1) is 0 Å². The number of nitrogens with one attached hydrogen (secondary N) is 1. The third-order valence-electron chi connectivity index (χ3n) is 3.19. The molecule has 0 amide bonds. The molecule has 3 nitrogen and oxygen atoms in total. The SMILES string of the molecule is Cc1ccc2[nH]cnc2c1N1CCCC1. The number of hydrogen-bond acceptors (Lipinski definition) is 2. The van der Waals surface area contributed by atoms with E-state index in [1.165, 1.54) is 37.2 Å². The van der Waals surface area contributed by atoms with Gasteiger partial charge in [0.1, 0.15) is 5.52 Å². The molecular formula is C12H15N3. The summed E-state index contributed by atoms with van der Waals surface area (Å²) in [5, 5.41) is 0. The fourth-order valence-corrected chi connectivity index (χ4v) is 2.43. The van der Waals surface area contributed by atoms with Crippen molar-refractivity contribution >= 4 is 16.7 Å². The highest BCUT2D eigenvalue weighted by Crippen LogP contribution is 2.30. The molecule has 78 valence electrons. The predicted octanol–water partition coefficient (Wildman–Crippen LogP) is 2.47. The Hall–Kier alpha value is -1.51. The smallest absolute Gasteiger partial charge is 0.112 e. The Bertz CT molecular complexity index is 481. The van der Waals surface area contributed by atoms with Crippen LogP contribution in [0, 0.1) is 6.92 Å². The minimum absolute atomic E-state index is 1.12. The van der Waals surface area contributed by atoms with Crippen LogP contribution in [0.25, 0.3) is 11.0 Å². The molecule has 1 saturated heterocycles. The summed E-state index contributed by atoms with van der Waals surface area (Å²) < 4.78 is 0. The number of imidazole rings is 1. The summed E-state index contributed by atoms with van der Waals surface area (Å²) in [5.41, 5.74) is 4.92. The Balaban J connectivity index is 2.21. The number of aromatic nitrogens is 2. The topological polar surface area (TPSA) is 31.9 Å². The van der Waals surface area contributed by atoms with Crippen molar-refractivity contribution in [2.24, 2.45) is 0 Å². The van der Waals surface area contributed by atoms with Crippen molar-refractivity contribution in [2.45, 2.75) is 19.8 Å². The van der Waals surface area contributed by atoms with E-state index in [1.807, 2.05) is 0 Å². The van der Waals surface area contributed by atoms with E-state index in [2.05, 4.69) is 33.9 Å². The van der Waals surface area contributed by atoms with Gasteiger partial charge < -0.3 is 9.88 Å². The second kappa shape index (κ2) is 3.26. The van der Waals surface area contributed by atoms with Crippen LogP contribution >= 0.6 is 0 Å². The minimum atomic E-state index is 1.12. The van der Waals surface area contributed by atoms with E-state index in [4.69, 9.17) is 0 Å². The molecule has 0 spiro atoms. The Labute approximate surface area is 89.1 Å². The van der Waals surface area contributed by atoms with Crippen molar-refractivity contribution in [2.75, 3.05) is 18.0 Å². The van der Waals surface area contributed by atoms with Gasteiger partial charge in [0.25, 0.3) is 0 Å². The highest BCUT2D eigenvalue weighted by atomic mass is 15.2. The quantitative estimate of drug-likeness (QED) is 0.768. The van der Waals surface area contributed by atoms with E-state index in [0.29, 0.717) is 0 Å². The Morgan fingerprint density at radius 2 is 2.07 bits per heavy atom. The van der Waals surface area contributed by atoms with Crippen molar-refractivity contribution in [1.29, 1.82) is 0 Å². The standard InChI is InChI=1S/C12H15N3/c1-9-4-5-10-11(14-8-13-10)12(9)15-6-2-3-7-15/h4-5,8H,2-3,6-7H2,1H3,(H,13,14). The molecule has 1 aromatic carbocycles. The summed E-state index contributed by atoms with van der Waals surface area (Å²) in [6.45, 7) is 4.52. The molecule has 0 aliphatic carbocycles. The summed E-state index contributed by atoms with van der Waals surface area (Å²) >= 11 is 0. The fraction of sp³-hybridized carbons (Fsp3) is 0.417. The molecule has 2 aromatic rings. The molecule has 0 bridgehead atoms. The Morgan fingerprint density at radius 1 is 1.27 bits per heavy atom. The van der Waals surface area contributed by atoms with Crippen molar-refractivity contribution in [3.63, 3.8) is 0 Å². The van der Waals surface area contributed by atoms with Crippen LogP contribution in [0.1, 0.15) is 18.4 Å². The molecule has 15 heavy (non-hydrogen) atoms.